The van der Waals surface area contributed by atoms with E-state index in [9.17, 15) is 9.90 Å². The van der Waals surface area contributed by atoms with E-state index < -0.39 is 5.97 Å². The first-order valence-electron chi connectivity index (χ1n) is 9.32. The number of carbonyl (C=O) groups is 1. The van der Waals surface area contributed by atoms with E-state index in [0.717, 1.165) is 27.7 Å². The third-order valence-electron chi connectivity index (χ3n) is 5.17. The highest BCUT2D eigenvalue weighted by Gasteiger charge is 2.24. The molecule has 0 radical (unpaired) electrons. The number of allylic oxidation sites excluding steroid dienone is 1. The smallest absolute Gasteiger partial charge is 0.336 e. The average Bonchev–Trinajstić information content (AvgIpc) is 3.30. The lowest BCUT2D eigenvalue weighted by Crippen LogP contribution is -2.03. The number of hydrogen-bond acceptors (Lipinski definition) is 4. The fourth-order valence-electron chi connectivity index (χ4n) is 3.75. The maximum Gasteiger partial charge on any atom is 0.336 e. The molecule has 0 saturated carbocycles. The van der Waals surface area contributed by atoms with E-state index in [1.54, 1.807) is 16.8 Å². The van der Waals surface area contributed by atoms with Crippen LogP contribution < -0.4 is 4.74 Å². The summed E-state index contributed by atoms with van der Waals surface area (Å²) in [7, 11) is 1.88. The lowest BCUT2D eigenvalue weighted by molar-refractivity contribution is 0.0695. The van der Waals surface area contributed by atoms with Crippen molar-refractivity contribution >= 4 is 40.1 Å². The fourth-order valence-corrected chi connectivity index (χ4v) is 3.88. The molecule has 148 valence electrons. The minimum atomic E-state index is -0.946. The zero-order chi connectivity index (χ0) is 20.8. The Morgan fingerprint density at radius 1 is 1.13 bits per heavy atom. The SMILES string of the molecule is Cn1nc(C2=Cc3nccc(C(=O)O)c3C2)c2ccc(Oc3ccc(Cl)cc3)cc21. The Morgan fingerprint density at radius 2 is 1.90 bits per heavy atom. The summed E-state index contributed by atoms with van der Waals surface area (Å²) in [6.45, 7) is 0. The van der Waals surface area contributed by atoms with Gasteiger partial charge < -0.3 is 9.84 Å². The van der Waals surface area contributed by atoms with E-state index in [1.165, 1.54) is 12.3 Å². The first-order chi connectivity index (χ1) is 14.5. The second kappa shape index (κ2) is 7.00. The van der Waals surface area contributed by atoms with Gasteiger partial charge in [0, 0.05) is 36.1 Å². The number of hydrogen-bond donors (Lipinski definition) is 1. The molecule has 2 aromatic carbocycles. The molecule has 0 saturated heterocycles. The van der Waals surface area contributed by atoms with Crippen LogP contribution in [0.25, 0.3) is 22.6 Å². The largest absolute Gasteiger partial charge is 0.478 e. The summed E-state index contributed by atoms with van der Waals surface area (Å²) in [6.07, 6.45) is 3.93. The van der Waals surface area contributed by atoms with Gasteiger partial charge in [0.15, 0.2) is 0 Å². The van der Waals surface area contributed by atoms with E-state index in [4.69, 9.17) is 16.3 Å². The van der Waals surface area contributed by atoms with Crippen LogP contribution in [0.15, 0.2) is 54.7 Å². The monoisotopic (exact) mass is 417 g/mol. The summed E-state index contributed by atoms with van der Waals surface area (Å²) in [5.74, 6) is 0.443. The standard InChI is InChI=1S/C23H16ClN3O3/c1-27-21-12-16(30-15-4-2-14(24)3-5-15)6-7-18(21)22(26-27)13-10-19-17(23(28)29)8-9-25-20(19)11-13/h2-9,11-12H,10H2,1H3,(H,28,29). The predicted molar refractivity (Wildman–Crippen MR) is 115 cm³/mol. The molecule has 0 fully saturated rings. The van der Waals surface area contributed by atoms with Crippen molar-refractivity contribution in [2.45, 2.75) is 6.42 Å². The van der Waals surface area contributed by atoms with Gasteiger partial charge >= 0.3 is 5.97 Å². The Balaban J connectivity index is 1.50. The van der Waals surface area contributed by atoms with Crippen molar-refractivity contribution in [2.75, 3.05) is 0 Å². The molecule has 2 aromatic heterocycles. The van der Waals surface area contributed by atoms with Crippen molar-refractivity contribution in [1.29, 1.82) is 0 Å². The molecule has 0 unspecified atom stereocenters. The van der Waals surface area contributed by atoms with Gasteiger partial charge in [0.05, 0.1) is 22.5 Å². The second-order valence-electron chi connectivity index (χ2n) is 7.08. The summed E-state index contributed by atoms with van der Waals surface area (Å²) in [5.41, 5.74) is 4.38. The summed E-state index contributed by atoms with van der Waals surface area (Å²) in [6, 6.07) is 14.5. The fraction of sp³-hybridized carbons (Fsp3) is 0.0870. The zero-order valence-corrected chi connectivity index (χ0v) is 16.7. The third kappa shape index (κ3) is 3.11. The highest BCUT2D eigenvalue weighted by Crippen LogP contribution is 2.36. The van der Waals surface area contributed by atoms with Crippen molar-refractivity contribution in [3.63, 3.8) is 0 Å². The normalized spacial score (nSPS) is 12.7. The van der Waals surface area contributed by atoms with Crippen LogP contribution in [-0.4, -0.2) is 25.8 Å². The van der Waals surface area contributed by atoms with Crippen molar-refractivity contribution in [3.05, 3.63) is 82.3 Å². The number of carboxylic acids is 1. The van der Waals surface area contributed by atoms with Gasteiger partial charge in [0.1, 0.15) is 11.5 Å². The van der Waals surface area contributed by atoms with Crippen molar-refractivity contribution in [3.8, 4) is 11.5 Å². The molecule has 5 rings (SSSR count). The van der Waals surface area contributed by atoms with Crippen molar-refractivity contribution in [2.24, 2.45) is 7.05 Å². The molecule has 1 aliphatic rings. The second-order valence-corrected chi connectivity index (χ2v) is 7.52. The van der Waals surface area contributed by atoms with Crippen LogP contribution in [0.5, 0.6) is 11.5 Å². The minimum Gasteiger partial charge on any atom is -0.478 e. The van der Waals surface area contributed by atoms with E-state index in [1.807, 2.05) is 43.5 Å². The van der Waals surface area contributed by atoms with Crippen LogP contribution in [0.1, 0.15) is 27.3 Å². The third-order valence-corrected chi connectivity index (χ3v) is 5.43. The highest BCUT2D eigenvalue weighted by atomic mass is 35.5. The molecule has 4 aromatic rings. The van der Waals surface area contributed by atoms with Gasteiger partial charge in [-0.1, -0.05) is 11.6 Å². The molecule has 2 heterocycles. The number of halogens is 1. The molecule has 30 heavy (non-hydrogen) atoms. The minimum absolute atomic E-state index is 0.283. The van der Waals surface area contributed by atoms with Gasteiger partial charge in [-0.25, -0.2) is 4.79 Å². The number of aromatic carboxylic acids is 1. The van der Waals surface area contributed by atoms with Crippen LogP contribution in [0, 0.1) is 0 Å². The van der Waals surface area contributed by atoms with Crippen molar-refractivity contribution in [1.82, 2.24) is 14.8 Å². The molecule has 0 aliphatic heterocycles. The Kier molecular flexibility index (Phi) is 4.29. The molecular weight excluding hydrogens is 402 g/mol. The van der Waals surface area contributed by atoms with Crippen LogP contribution in [0.3, 0.4) is 0 Å². The van der Waals surface area contributed by atoms with Gasteiger partial charge in [-0.05, 0) is 59.7 Å². The summed E-state index contributed by atoms with van der Waals surface area (Å²) >= 11 is 5.93. The molecule has 6 nitrogen and oxygen atoms in total. The van der Waals surface area contributed by atoms with Crippen molar-refractivity contribution < 1.29 is 14.6 Å². The first-order valence-corrected chi connectivity index (χ1v) is 9.70. The number of pyridine rings is 1. The van der Waals surface area contributed by atoms with E-state index in [2.05, 4.69) is 10.1 Å². The Labute approximate surface area is 177 Å². The molecule has 7 heteroatoms. The van der Waals surface area contributed by atoms with E-state index in [0.29, 0.717) is 28.6 Å². The first kappa shape index (κ1) is 18.4. The molecule has 1 N–H and O–H groups in total. The van der Waals surface area contributed by atoms with E-state index >= 15 is 0 Å². The number of ether oxygens (including phenoxy) is 1. The summed E-state index contributed by atoms with van der Waals surface area (Å²) in [4.78, 5) is 15.9. The van der Waals surface area contributed by atoms with Crippen LogP contribution in [0.2, 0.25) is 5.02 Å². The van der Waals surface area contributed by atoms with Gasteiger partial charge in [-0.2, -0.15) is 5.10 Å². The number of rotatable bonds is 4. The quantitative estimate of drug-likeness (QED) is 0.493. The summed E-state index contributed by atoms with van der Waals surface area (Å²) < 4.78 is 7.73. The molecule has 0 spiro atoms. The number of fused-ring (bicyclic) bond motifs is 2. The maximum atomic E-state index is 11.5. The highest BCUT2D eigenvalue weighted by molar-refractivity contribution is 6.30. The summed E-state index contributed by atoms with van der Waals surface area (Å²) in [5, 5.41) is 15.8. The van der Waals surface area contributed by atoms with Gasteiger partial charge in [-0.15, -0.1) is 0 Å². The topological polar surface area (TPSA) is 77.2 Å². The molecule has 0 amide bonds. The number of aryl methyl sites for hydroxylation is 1. The predicted octanol–water partition coefficient (Wildman–Crippen LogP) is 5.21. The Hall–Kier alpha value is -3.64. The lowest BCUT2D eigenvalue weighted by Gasteiger charge is -2.06. The number of benzene rings is 2. The Bertz CT molecular complexity index is 1340. The van der Waals surface area contributed by atoms with E-state index in [-0.39, 0.29) is 5.56 Å². The van der Waals surface area contributed by atoms with Crippen LogP contribution >= 0.6 is 11.6 Å². The van der Waals surface area contributed by atoms with Gasteiger partial charge in [-0.3, -0.25) is 9.67 Å². The van der Waals surface area contributed by atoms with Crippen LogP contribution in [0.4, 0.5) is 0 Å². The Morgan fingerprint density at radius 3 is 2.67 bits per heavy atom. The maximum absolute atomic E-state index is 11.5. The zero-order valence-electron chi connectivity index (χ0n) is 16.0. The molecule has 0 atom stereocenters. The van der Waals surface area contributed by atoms with Gasteiger partial charge in [0.25, 0.3) is 0 Å². The number of carboxylic acid groups (broad SMARTS) is 1. The molecular formula is C23H16ClN3O3. The number of nitrogens with zero attached hydrogens (tertiary/aromatic N) is 3. The molecule has 1 aliphatic carbocycles. The van der Waals surface area contributed by atoms with Gasteiger partial charge in [0.2, 0.25) is 0 Å². The lowest BCUT2D eigenvalue weighted by atomic mass is 10.0. The average molecular weight is 418 g/mol. The molecule has 0 bridgehead atoms. The number of aromatic nitrogens is 3. The van der Waals surface area contributed by atoms with Crippen LogP contribution in [-0.2, 0) is 13.5 Å².